The molecule has 0 aliphatic heterocycles. The van der Waals surface area contributed by atoms with Gasteiger partial charge in [-0.25, -0.2) is 18.4 Å². The summed E-state index contributed by atoms with van der Waals surface area (Å²) >= 11 is 11.8. The predicted molar refractivity (Wildman–Crippen MR) is 86.5 cm³/mol. The smallest absolute Gasteiger partial charge is 0.264 e. The fourth-order valence-corrected chi connectivity index (χ4v) is 3.53. The number of aromatic nitrogens is 2. The van der Waals surface area contributed by atoms with Crippen molar-refractivity contribution in [2.75, 3.05) is 11.8 Å². The molecule has 0 atom stereocenters. The first-order valence-electron chi connectivity index (χ1n) is 6.29. The van der Waals surface area contributed by atoms with Gasteiger partial charge in [0.1, 0.15) is 4.90 Å². The maximum absolute atomic E-state index is 12.5. The average Bonchev–Trinajstić information content (AvgIpc) is 2.49. The van der Waals surface area contributed by atoms with Gasteiger partial charge in [0.05, 0.1) is 35.1 Å². The van der Waals surface area contributed by atoms with E-state index in [4.69, 9.17) is 27.9 Å². The number of hydrogen-bond donors (Lipinski definition) is 2. The maximum atomic E-state index is 12.5. The van der Waals surface area contributed by atoms with Crippen LogP contribution in [0.1, 0.15) is 11.4 Å². The Kier molecular flexibility index (Phi) is 5.30. The molecule has 124 valence electrons. The van der Waals surface area contributed by atoms with Crippen LogP contribution in [0.15, 0.2) is 23.1 Å². The number of aliphatic hydroxyl groups excluding tert-OH is 1. The first-order valence-corrected chi connectivity index (χ1v) is 8.53. The molecule has 0 spiro atoms. The Balaban J connectivity index is 2.49. The van der Waals surface area contributed by atoms with Gasteiger partial charge in [-0.15, -0.1) is 0 Å². The minimum absolute atomic E-state index is 0.0682. The molecule has 0 aliphatic carbocycles. The zero-order chi connectivity index (χ0) is 17.2. The second-order valence-electron chi connectivity index (χ2n) is 4.43. The number of benzene rings is 1. The average molecular weight is 378 g/mol. The Morgan fingerprint density at radius 2 is 2.00 bits per heavy atom. The van der Waals surface area contributed by atoms with E-state index in [2.05, 4.69) is 14.7 Å². The summed E-state index contributed by atoms with van der Waals surface area (Å²) in [7, 11) is -2.74. The van der Waals surface area contributed by atoms with Crippen molar-refractivity contribution in [1.82, 2.24) is 9.97 Å². The summed E-state index contributed by atoms with van der Waals surface area (Å²) in [6.07, 6.45) is 0. The van der Waals surface area contributed by atoms with Gasteiger partial charge in [-0.1, -0.05) is 29.3 Å². The molecule has 0 bridgehead atoms. The molecule has 0 aliphatic rings. The molecule has 7 nitrogen and oxygen atoms in total. The number of halogens is 2. The van der Waals surface area contributed by atoms with Crippen molar-refractivity contribution in [3.8, 4) is 5.88 Å². The van der Waals surface area contributed by atoms with Gasteiger partial charge in [0.25, 0.3) is 15.9 Å². The highest BCUT2D eigenvalue weighted by atomic mass is 35.5. The third-order valence-electron chi connectivity index (χ3n) is 2.92. The van der Waals surface area contributed by atoms with E-state index < -0.39 is 10.0 Å². The van der Waals surface area contributed by atoms with E-state index in [-0.39, 0.29) is 38.9 Å². The quantitative estimate of drug-likeness (QED) is 0.829. The van der Waals surface area contributed by atoms with Gasteiger partial charge in [-0.2, -0.15) is 0 Å². The van der Waals surface area contributed by atoms with Crippen LogP contribution in [0.4, 0.5) is 5.82 Å². The van der Waals surface area contributed by atoms with Gasteiger partial charge in [-0.3, -0.25) is 4.72 Å². The van der Waals surface area contributed by atoms with Gasteiger partial charge < -0.3 is 9.84 Å². The van der Waals surface area contributed by atoms with Gasteiger partial charge in [0.2, 0.25) is 5.82 Å². The highest BCUT2D eigenvalue weighted by molar-refractivity contribution is 7.92. The molecule has 2 aromatic rings. The lowest BCUT2D eigenvalue weighted by molar-refractivity contribution is 0.272. The Bertz CT molecular complexity index is 843. The van der Waals surface area contributed by atoms with E-state index in [9.17, 15) is 13.5 Å². The summed E-state index contributed by atoms with van der Waals surface area (Å²) in [5.74, 6) is -0.181. The van der Waals surface area contributed by atoms with Crippen LogP contribution in [-0.4, -0.2) is 30.6 Å². The molecule has 2 rings (SSSR count). The van der Waals surface area contributed by atoms with Crippen molar-refractivity contribution in [1.29, 1.82) is 0 Å². The van der Waals surface area contributed by atoms with Crippen LogP contribution in [0, 0.1) is 6.92 Å². The molecule has 0 saturated heterocycles. The molecule has 0 unspecified atom stereocenters. The van der Waals surface area contributed by atoms with Gasteiger partial charge in [0, 0.05) is 0 Å². The Morgan fingerprint density at radius 3 is 2.61 bits per heavy atom. The molecule has 1 heterocycles. The third-order valence-corrected chi connectivity index (χ3v) is 5.23. The zero-order valence-electron chi connectivity index (χ0n) is 12.2. The Labute approximate surface area is 143 Å². The van der Waals surface area contributed by atoms with E-state index in [1.807, 2.05) is 0 Å². The minimum Gasteiger partial charge on any atom is -0.478 e. The van der Waals surface area contributed by atoms with Crippen molar-refractivity contribution in [2.45, 2.75) is 18.4 Å². The number of anilines is 1. The lowest BCUT2D eigenvalue weighted by Crippen LogP contribution is -2.17. The summed E-state index contributed by atoms with van der Waals surface area (Å²) in [4.78, 5) is 7.88. The largest absolute Gasteiger partial charge is 0.478 e. The van der Waals surface area contributed by atoms with Crippen LogP contribution in [0.25, 0.3) is 0 Å². The van der Waals surface area contributed by atoms with Crippen LogP contribution in [-0.2, 0) is 16.6 Å². The Morgan fingerprint density at radius 1 is 1.30 bits per heavy atom. The number of ether oxygens (including phenoxy) is 1. The molecular formula is C13H13Cl2N3O4S. The molecule has 0 amide bonds. The van der Waals surface area contributed by atoms with Crippen molar-refractivity contribution < 1.29 is 18.3 Å². The van der Waals surface area contributed by atoms with Gasteiger partial charge >= 0.3 is 0 Å². The van der Waals surface area contributed by atoms with Crippen molar-refractivity contribution >= 4 is 39.0 Å². The highest BCUT2D eigenvalue weighted by Gasteiger charge is 2.23. The van der Waals surface area contributed by atoms with E-state index in [0.717, 1.165) is 0 Å². The van der Waals surface area contributed by atoms with Crippen molar-refractivity contribution in [2.24, 2.45) is 0 Å². The maximum Gasteiger partial charge on any atom is 0.264 e. The first-order chi connectivity index (χ1) is 10.8. The second kappa shape index (κ2) is 6.88. The Hall–Kier alpha value is -1.61. The van der Waals surface area contributed by atoms with Gasteiger partial charge in [0.15, 0.2) is 0 Å². The minimum atomic E-state index is -4.05. The SMILES string of the molecule is COc1nc(CO)c(C)nc1NS(=O)(=O)c1cccc(Cl)c1Cl. The van der Waals surface area contributed by atoms with Crippen LogP contribution in [0.5, 0.6) is 5.88 Å². The van der Waals surface area contributed by atoms with E-state index >= 15 is 0 Å². The number of aliphatic hydroxyl groups is 1. The summed E-state index contributed by atoms with van der Waals surface area (Å²) in [5, 5.41) is 9.19. The summed E-state index contributed by atoms with van der Waals surface area (Å²) in [6.45, 7) is 1.24. The second-order valence-corrected chi connectivity index (χ2v) is 6.87. The zero-order valence-corrected chi connectivity index (χ0v) is 14.5. The molecule has 0 radical (unpaired) electrons. The number of methoxy groups -OCH3 is 1. The summed E-state index contributed by atoms with van der Waals surface area (Å²) < 4.78 is 32.2. The van der Waals surface area contributed by atoms with Crippen LogP contribution < -0.4 is 9.46 Å². The number of sulfonamides is 1. The van der Waals surface area contributed by atoms with Gasteiger partial charge in [-0.05, 0) is 19.1 Å². The third kappa shape index (κ3) is 3.66. The number of nitrogens with zero attached hydrogens (tertiary/aromatic N) is 2. The van der Waals surface area contributed by atoms with Crippen molar-refractivity contribution in [3.05, 3.63) is 39.6 Å². The molecule has 0 fully saturated rings. The molecule has 1 aromatic carbocycles. The number of hydrogen-bond acceptors (Lipinski definition) is 6. The lowest BCUT2D eigenvalue weighted by Gasteiger charge is -2.13. The van der Waals surface area contributed by atoms with Crippen LogP contribution in [0.3, 0.4) is 0 Å². The predicted octanol–water partition coefficient (Wildman–Crippen LogP) is 2.39. The van der Waals surface area contributed by atoms with E-state index in [1.54, 1.807) is 6.92 Å². The lowest BCUT2D eigenvalue weighted by atomic mass is 10.3. The van der Waals surface area contributed by atoms with Crippen molar-refractivity contribution in [3.63, 3.8) is 0 Å². The molecule has 23 heavy (non-hydrogen) atoms. The standard InChI is InChI=1S/C13H13Cl2N3O4S/c1-7-9(6-19)17-13(22-2)12(16-7)18-23(20,21)10-5-3-4-8(14)11(10)15/h3-5,19H,6H2,1-2H3,(H,16,18). The van der Waals surface area contributed by atoms with E-state index in [0.29, 0.717) is 5.69 Å². The normalized spacial score (nSPS) is 11.3. The topological polar surface area (TPSA) is 101 Å². The molecule has 2 N–H and O–H groups in total. The molecule has 10 heteroatoms. The van der Waals surface area contributed by atoms with E-state index in [1.165, 1.54) is 25.3 Å². The molecular weight excluding hydrogens is 365 g/mol. The fourth-order valence-electron chi connectivity index (χ4n) is 1.77. The van der Waals surface area contributed by atoms with Crippen LogP contribution in [0.2, 0.25) is 10.0 Å². The monoisotopic (exact) mass is 377 g/mol. The van der Waals surface area contributed by atoms with Crippen LogP contribution >= 0.6 is 23.2 Å². The summed E-state index contributed by atoms with van der Waals surface area (Å²) in [5.41, 5.74) is 0.647. The number of nitrogens with one attached hydrogen (secondary N) is 1. The number of rotatable bonds is 5. The number of aryl methyl sites for hydroxylation is 1. The molecule has 0 saturated carbocycles. The first kappa shape index (κ1) is 17.7. The fraction of sp³-hybridized carbons (Fsp3) is 0.231. The highest BCUT2D eigenvalue weighted by Crippen LogP contribution is 2.31. The molecule has 1 aromatic heterocycles. The summed E-state index contributed by atoms with van der Waals surface area (Å²) in [6, 6.07) is 4.25.